The summed E-state index contributed by atoms with van der Waals surface area (Å²) in [6.45, 7) is 9.17. The van der Waals surface area contributed by atoms with Gasteiger partial charge in [0.05, 0.1) is 61.0 Å². The molecule has 63 heavy (non-hydrogen) atoms. The van der Waals surface area contributed by atoms with Crippen molar-refractivity contribution in [1.29, 1.82) is 0 Å². The van der Waals surface area contributed by atoms with Gasteiger partial charge in [-0.25, -0.2) is 0 Å². The largest absolute Gasteiger partial charge is 0.496 e. The fourth-order valence-corrected chi connectivity index (χ4v) is 8.41. The fourth-order valence-electron chi connectivity index (χ4n) is 8.41. The summed E-state index contributed by atoms with van der Waals surface area (Å²) in [6, 6.07) is 15.0. The molecule has 0 spiro atoms. The Morgan fingerprint density at radius 2 is 0.508 bits per heavy atom. The van der Waals surface area contributed by atoms with Gasteiger partial charge in [0.1, 0.15) is 17.2 Å². The molecule has 4 rings (SSSR count). The maximum Gasteiger partial charge on any atom is 0.324 e. The number of carbonyl (C=O) groups is 6. The molecular weight excluding hydrogens is 817 g/mol. The summed E-state index contributed by atoms with van der Waals surface area (Å²) in [6.07, 6.45) is -2.05. The maximum absolute atomic E-state index is 14.5. The summed E-state index contributed by atoms with van der Waals surface area (Å²) < 4.78 is 52.0. The van der Waals surface area contributed by atoms with Crippen LogP contribution >= 0.6 is 0 Å². The molecule has 15 heteroatoms. The molecule has 0 aromatic heterocycles. The van der Waals surface area contributed by atoms with Crippen molar-refractivity contribution in [2.45, 2.75) is 80.1 Å². The molecule has 0 saturated carbocycles. The first-order valence-corrected chi connectivity index (χ1v) is 21.2. The number of carbonyl (C=O) groups excluding carboxylic acids is 6. The third-order valence-electron chi connectivity index (χ3n) is 11.1. The average molecular weight is 877 g/mol. The van der Waals surface area contributed by atoms with E-state index in [0.29, 0.717) is 33.4 Å². The first kappa shape index (κ1) is 49.5. The predicted molar refractivity (Wildman–Crippen MR) is 228 cm³/mol. The van der Waals surface area contributed by atoms with Crippen molar-refractivity contribution >= 4 is 35.8 Å². The van der Waals surface area contributed by atoms with Crippen molar-refractivity contribution in [2.24, 2.45) is 16.2 Å². The lowest BCUT2D eigenvalue weighted by atomic mass is 9.72. The normalized spacial score (nSPS) is 15.2. The van der Waals surface area contributed by atoms with E-state index in [-0.39, 0.29) is 95.4 Å². The number of hydrogen-bond acceptors (Lipinski definition) is 15. The van der Waals surface area contributed by atoms with E-state index in [1.807, 2.05) is 0 Å². The van der Waals surface area contributed by atoms with Crippen LogP contribution in [0.15, 0.2) is 54.6 Å². The maximum atomic E-state index is 14.5. The third-order valence-corrected chi connectivity index (χ3v) is 11.1. The van der Waals surface area contributed by atoms with Crippen LogP contribution in [0.3, 0.4) is 0 Å². The molecule has 0 atom stereocenters. The zero-order chi connectivity index (χ0) is 46.4. The van der Waals surface area contributed by atoms with E-state index in [0.717, 1.165) is 0 Å². The van der Waals surface area contributed by atoms with Crippen LogP contribution in [-0.2, 0) is 95.7 Å². The van der Waals surface area contributed by atoms with Crippen LogP contribution in [0.4, 0.5) is 0 Å². The molecule has 0 N–H and O–H groups in total. The number of esters is 6. The summed E-state index contributed by atoms with van der Waals surface area (Å²) in [7, 11) is 4.21. The summed E-state index contributed by atoms with van der Waals surface area (Å²) in [4.78, 5) is 87.0. The van der Waals surface area contributed by atoms with Gasteiger partial charge >= 0.3 is 35.8 Å². The SMILES string of the molecule is CCOC(=O)C1(C(=O)OCC)Cc2cccc(c2OC)CC(C(=O)OCC)(C(=O)OCC)Cc2cccc(c2OC)CC(C(=O)OCC)(C(=O)OCC)Cc2cccc(c2OC)C1. The van der Waals surface area contributed by atoms with Crippen LogP contribution in [0.2, 0.25) is 0 Å². The number of hydrogen-bond donors (Lipinski definition) is 0. The molecule has 0 unspecified atom stereocenters. The molecule has 3 aromatic carbocycles. The molecule has 0 fully saturated rings. The van der Waals surface area contributed by atoms with Crippen molar-refractivity contribution in [1.82, 2.24) is 0 Å². The Morgan fingerprint density at radius 3 is 0.635 bits per heavy atom. The highest BCUT2D eigenvalue weighted by Gasteiger charge is 2.54. The van der Waals surface area contributed by atoms with E-state index < -0.39 is 52.1 Å². The molecular formula is C48H60O15. The highest BCUT2D eigenvalue weighted by atomic mass is 16.6. The quantitative estimate of drug-likeness (QED) is 0.103. The minimum atomic E-state index is -2.08. The highest BCUT2D eigenvalue weighted by Crippen LogP contribution is 2.45. The number of para-hydroxylation sites is 3. The van der Waals surface area contributed by atoms with Crippen LogP contribution < -0.4 is 14.2 Å². The smallest absolute Gasteiger partial charge is 0.324 e. The first-order chi connectivity index (χ1) is 30.3. The van der Waals surface area contributed by atoms with Gasteiger partial charge in [-0.05, 0) is 74.9 Å². The molecule has 1 aliphatic rings. The zero-order valence-corrected chi connectivity index (χ0v) is 37.8. The average Bonchev–Trinajstić information content (AvgIpc) is 3.26. The summed E-state index contributed by atoms with van der Waals surface area (Å²) in [5.41, 5.74) is -4.19. The van der Waals surface area contributed by atoms with Crippen molar-refractivity contribution in [2.75, 3.05) is 61.0 Å². The topological polar surface area (TPSA) is 185 Å². The van der Waals surface area contributed by atoms with E-state index in [4.69, 9.17) is 42.6 Å². The fraction of sp³-hybridized carbons (Fsp3) is 0.500. The Hall–Kier alpha value is -6.12. The Bertz CT molecular complexity index is 1750. The minimum Gasteiger partial charge on any atom is -0.496 e. The van der Waals surface area contributed by atoms with Crippen LogP contribution in [0.1, 0.15) is 74.9 Å². The highest BCUT2D eigenvalue weighted by molar-refractivity contribution is 6.03. The zero-order valence-electron chi connectivity index (χ0n) is 37.8. The van der Waals surface area contributed by atoms with Gasteiger partial charge in [-0.15, -0.1) is 0 Å². The lowest BCUT2D eigenvalue weighted by molar-refractivity contribution is -0.173. The summed E-state index contributed by atoms with van der Waals surface area (Å²) >= 11 is 0. The summed E-state index contributed by atoms with van der Waals surface area (Å²) in [5.74, 6) is -4.84. The van der Waals surface area contributed by atoms with Gasteiger partial charge in [-0.1, -0.05) is 54.6 Å². The monoisotopic (exact) mass is 876 g/mol. The van der Waals surface area contributed by atoms with E-state index >= 15 is 0 Å². The first-order valence-electron chi connectivity index (χ1n) is 21.2. The van der Waals surface area contributed by atoms with Crippen LogP contribution in [-0.4, -0.2) is 96.8 Å². The summed E-state index contributed by atoms with van der Waals surface area (Å²) in [5, 5.41) is 0. The second kappa shape index (κ2) is 22.3. The predicted octanol–water partition coefficient (Wildman–Crippen LogP) is 5.72. The van der Waals surface area contributed by atoms with E-state index in [2.05, 4.69) is 0 Å². The van der Waals surface area contributed by atoms with Crippen LogP contribution in [0.5, 0.6) is 17.2 Å². The van der Waals surface area contributed by atoms with E-state index in [1.165, 1.54) is 21.3 Å². The molecule has 0 aliphatic heterocycles. The van der Waals surface area contributed by atoms with Gasteiger partial charge in [-0.3, -0.25) is 28.8 Å². The van der Waals surface area contributed by atoms with Gasteiger partial charge in [0, 0.05) is 38.5 Å². The number of rotatable bonds is 15. The number of ether oxygens (including phenoxy) is 9. The lowest BCUT2D eigenvalue weighted by Gasteiger charge is -2.34. The second-order valence-corrected chi connectivity index (χ2v) is 15.0. The van der Waals surface area contributed by atoms with Gasteiger partial charge in [-0.2, -0.15) is 0 Å². The van der Waals surface area contributed by atoms with Gasteiger partial charge in [0.25, 0.3) is 0 Å². The van der Waals surface area contributed by atoms with Crippen LogP contribution in [0.25, 0.3) is 0 Å². The van der Waals surface area contributed by atoms with Crippen LogP contribution in [0, 0.1) is 16.2 Å². The van der Waals surface area contributed by atoms with Gasteiger partial charge in [0.15, 0.2) is 16.2 Å². The van der Waals surface area contributed by atoms with E-state index in [1.54, 1.807) is 96.1 Å². The Morgan fingerprint density at radius 1 is 0.349 bits per heavy atom. The van der Waals surface area contributed by atoms with Crippen molar-refractivity contribution in [3.8, 4) is 17.2 Å². The van der Waals surface area contributed by atoms with Crippen molar-refractivity contribution < 1.29 is 71.4 Å². The van der Waals surface area contributed by atoms with Gasteiger partial charge < -0.3 is 42.6 Å². The number of benzene rings is 3. The molecule has 0 amide bonds. The molecule has 1 aliphatic carbocycles. The lowest BCUT2D eigenvalue weighted by Crippen LogP contribution is -2.47. The third kappa shape index (κ3) is 10.2. The second-order valence-electron chi connectivity index (χ2n) is 15.0. The van der Waals surface area contributed by atoms with Gasteiger partial charge in [0.2, 0.25) is 0 Å². The van der Waals surface area contributed by atoms with Crippen molar-refractivity contribution in [3.63, 3.8) is 0 Å². The number of fused-ring (bicyclic) bond motifs is 6. The molecule has 3 aromatic rings. The Kier molecular flexibility index (Phi) is 17.5. The number of methoxy groups -OCH3 is 3. The molecule has 342 valence electrons. The minimum absolute atomic E-state index is 0.0822. The molecule has 0 radical (unpaired) electrons. The Balaban J connectivity index is 2.27. The molecule has 15 nitrogen and oxygen atoms in total. The standard InChI is InChI=1S/C48H60O15/c1-10-58-40(49)46(41(50)59-11-2)25-31-19-16-21-33(37(31)55-7)27-47(42(51)60-12-3,43(52)61-13-4)29-35-23-18-24-36(39(35)57-9)30-48(44(53)62-14-5,45(54)63-15-6)28-34-22-17-20-32(26-46)38(34)56-8/h16-24H,10-15,25-30H2,1-9H3. The van der Waals surface area contributed by atoms with Crippen molar-refractivity contribution in [3.05, 3.63) is 88.0 Å². The molecule has 0 heterocycles. The molecule has 6 bridgehead atoms. The molecule has 0 saturated heterocycles. The van der Waals surface area contributed by atoms with E-state index in [9.17, 15) is 28.8 Å². The Labute approximate surface area is 368 Å².